The maximum Gasteiger partial charge on any atom is 0.337 e. The number of nitrogens with one attached hydrogen (secondary N) is 1. The highest BCUT2D eigenvalue weighted by molar-refractivity contribution is 8.26. The summed E-state index contributed by atoms with van der Waals surface area (Å²) in [6.45, 7) is 2.10. The van der Waals surface area contributed by atoms with Gasteiger partial charge >= 0.3 is 5.97 Å². The Morgan fingerprint density at radius 3 is 2.74 bits per heavy atom. The second kappa shape index (κ2) is 8.73. The van der Waals surface area contributed by atoms with E-state index in [1.807, 2.05) is 0 Å². The Hall–Kier alpha value is -3.46. The summed E-state index contributed by atoms with van der Waals surface area (Å²) in [5.41, 5.74) is 1.33. The van der Waals surface area contributed by atoms with Crippen molar-refractivity contribution in [2.75, 3.05) is 7.11 Å². The number of amides is 1. The van der Waals surface area contributed by atoms with Crippen LogP contribution in [-0.2, 0) is 9.53 Å². The van der Waals surface area contributed by atoms with Crippen LogP contribution in [0.5, 0.6) is 0 Å². The molecule has 0 saturated carbocycles. The molecule has 0 radical (unpaired) electrons. The number of esters is 1. The summed E-state index contributed by atoms with van der Waals surface area (Å²) in [5, 5.41) is 15.5. The van der Waals surface area contributed by atoms with Crippen molar-refractivity contribution in [3.05, 3.63) is 53.3 Å². The van der Waals surface area contributed by atoms with E-state index in [-0.39, 0.29) is 11.4 Å². The maximum atomic E-state index is 12.5. The van der Waals surface area contributed by atoms with Crippen molar-refractivity contribution < 1.29 is 18.7 Å². The molecule has 2 aliphatic rings. The highest BCUT2D eigenvalue weighted by atomic mass is 32.2. The van der Waals surface area contributed by atoms with Gasteiger partial charge in [0.15, 0.2) is 5.84 Å². The van der Waals surface area contributed by atoms with Crippen LogP contribution >= 0.6 is 11.8 Å². The number of aliphatic imine (C=N–C) groups is 1. The van der Waals surface area contributed by atoms with E-state index in [2.05, 4.69) is 17.0 Å². The number of hydrogen-bond donors (Lipinski definition) is 1. The van der Waals surface area contributed by atoms with Crippen molar-refractivity contribution in [2.24, 2.45) is 10.1 Å². The van der Waals surface area contributed by atoms with Gasteiger partial charge in [0.2, 0.25) is 5.17 Å². The molecule has 4 rings (SSSR count). The van der Waals surface area contributed by atoms with Gasteiger partial charge in [-0.25, -0.2) is 4.79 Å². The predicted molar refractivity (Wildman–Crippen MR) is 120 cm³/mol. The Morgan fingerprint density at radius 1 is 1.26 bits per heavy atom. The Kier molecular flexibility index (Phi) is 5.85. The minimum Gasteiger partial charge on any atom is -0.465 e. The smallest absolute Gasteiger partial charge is 0.337 e. The molecule has 1 amide bonds. The largest absolute Gasteiger partial charge is 0.465 e. The van der Waals surface area contributed by atoms with Crippen LogP contribution in [-0.4, -0.2) is 40.0 Å². The molecule has 0 bridgehead atoms. The first-order valence-electron chi connectivity index (χ1n) is 9.78. The molecule has 0 fully saturated rings. The number of carbonyl (C=O) groups is 2. The summed E-state index contributed by atoms with van der Waals surface area (Å²) in [4.78, 5) is 28.2. The molecule has 0 aliphatic carbocycles. The number of methoxy groups -OCH3 is 1. The van der Waals surface area contributed by atoms with Gasteiger partial charge in [-0.2, -0.15) is 15.1 Å². The van der Waals surface area contributed by atoms with Crippen molar-refractivity contribution in [3.8, 4) is 11.3 Å². The zero-order chi connectivity index (χ0) is 22.0. The topological polar surface area (TPSA) is 108 Å². The van der Waals surface area contributed by atoms with Gasteiger partial charge in [0.05, 0.1) is 18.2 Å². The Labute approximate surface area is 183 Å². The van der Waals surface area contributed by atoms with Crippen molar-refractivity contribution >= 4 is 45.8 Å². The molecule has 1 N–H and O–H groups in total. The second-order valence-electron chi connectivity index (χ2n) is 6.89. The van der Waals surface area contributed by atoms with Crippen LogP contribution in [0.3, 0.4) is 0 Å². The van der Waals surface area contributed by atoms with Gasteiger partial charge in [-0.05, 0) is 54.9 Å². The average Bonchev–Trinajstić information content (AvgIpc) is 3.42. The van der Waals surface area contributed by atoms with Crippen molar-refractivity contribution in [3.63, 3.8) is 0 Å². The third-order valence-electron chi connectivity index (χ3n) is 4.74. The van der Waals surface area contributed by atoms with E-state index in [4.69, 9.17) is 14.6 Å². The highest BCUT2D eigenvalue weighted by Gasteiger charge is 2.35. The van der Waals surface area contributed by atoms with Crippen molar-refractivity contribution in [1.29, 1.82) is 5.41 Å². The normalized spacial score (nSPS) is 17.0. The van der Waals surface area contributed by atoms with Crippen LogP contribution in [0.2, 0.25) is 0 Å². The molecular formula is C22H20N4O4S. The van der Waals surface area contributed by atoms with Crippen LogP contribution < -0.4 is 0 Å². The minimum atomic E-state index is -0.490. The van der Waals surface area contributed by atoms with Gasteiger partial charge < -0.3 is 9.15 Å². The van der Waals surface area contributed by atoms with Crippen LogP contribution in [0.1, 0.15) is 42.3 Å². The van der Waals surface area contributed by atoms with Crippen molar-refractivity contribution in [1.82, 2.24) is 5.01 Å². The van der Waals surface area contributed by atoms with E-state index < -0.39 is 11.9 Å². The Morgan fingerprint density at radius 2 is 2.03 bits per heavy atom. The molecule has 1 aromatic heterocycles. The molecule has 0 unspecified atom stereocenters. The zero-order valence-electron chi connectivity index (χ0n) is 17.0. The number of rotatable bonds is 6. The molecule has 0 spiro atoms. The molecule has 31 heavy (non-hydrogen) atoms. The van der Waals surface area contributed by atoms with E-state index in [1.165, 1.54) is 30.0 Å². The van der Waals surface area contributed by atoms with Crippen LogP contribution in [0.25, 0.3) is 17.4 Å². The van der Waals surface area contributed by atoms with Gasteiger partial charge in [-0.15, -0.1) is 0 Å². The summed E-state index contributed by atoms with van der Waals surface area (Å²) in [6, 6.07) is 10.3. The second-order valence-corrected chi connectivity index (χ2v) is 7.93. The fourth-order valence-corrected chi connectivity index (χ4v) is 4.00. The summed E-state index contributed by atoms with van der Waals surface area (Å²) in [6.07, 6.45) is 4.33. The lowest BCUT2D eigenvalue weighted by Gasteiger charge is -2.19. The lowest BCUT2D eigenvalue weighted by molar-refractivity contribution is -0.114. The lowest BCUT2D eigenvalue weighted by Crippen LogP contribution is -2.35. The number of furan rings is 1. The summed E-state index contributed by atoms with van der Waals surface area (Å²) in [7, 11) is 1.33. The molecule has 9 heteroatoms. The number of fused-ring (bicyclic) bond motifs is 1. The van der Waals surface area contributed by atoms with E-state index in [1.54, 1.807) is 36.4 Å². The molecule has 158 valence electrons. The first-order valence-corrected chi connectivity index (χ1v) is 10.6. The quantitative estimate of drug-likeness (QED) is 0.526. The average molecular weight is 436 g/mol. The first kappa shape index (κ1) is 20.8. The molecule has 0 atom stereocenters. The number of hydrazone groups is 1. The van der Waals surface area contributed by atoms with Crippen molar-refractivity contribution in [2.45, 2.75) is 26.2 Å². The van der Waals surface area contributed by atoms with E-state index >= 15 is 0 Å². The molecule has 3 heterocycles. The van der Waals surface area contributed by atoms with Crippen LogP contribution in [0.15, 0.2) is 56.5 Å². The fraction of sp³-hybridized carbons (Fsp3) is 0.227. The van der Waals surface area contributed by atoms with Crippen LogP contribution in [0, 0.1) is 5.41 Å². The number of carbonyl (C=O) groups excluding carboxylic acids is 2. The fourth-order valence-electron chi connectivity index (χ4n) is 3.08. The number of nitrogens with zero attached hydrogens (tertiary/aromatic N) is 3. The Balaban J connectivity index is 1.55. The van der Waals surface area contributed by atoms with E-state index in [0.717, 1.165) is 29.9 Å². The first-order chi connectivity index (χ1) is 15.0. The molecule has 8 nitrogen and oxygen atoms in total. The zero-order valence-corrected chi connectivity index (χ0v) is 17.9. The number of unbranched alkanes of at least 4 members (excludes halogenated alkanes) is 1. The van der Waals surface area contributed by atoms with Gasteiger partial charge in [-0.1, -0.05) is 25.5 Å². The maximum absolute atomic E-state index is 12.5. The molecule has 2 aromatic rings. The van der Waals surface area contributed by atoms with Crippen LogP contribution in [0.4, 0.5) is 0 Å². The molecule has 2 aliphatic heterocycles. The SMILES string of the molecule is CCCCC1=NN2C(=N)/C(=C/c3ccc(-c4ccc(C(=O)OC)cc4)o3)C(=O)N=C2S1. The Bertz CT molecular complexity index is 1140. The monoisotopic (exact) mass is 436 g/mol. The standard InChI is InChI=1S/C22H20N4O4S/c1-3-4-5-18-25-26-19(23)16(20(27)24-22(26)31-18)12-15-10-11-17(30-15)13-6-8-14(9-7-13)21(28)29-2/h6-12,23H,3-5H2,1-2H3/b16-12-,23-19?. The molecule has 1 aromatic carbocycles. The third kappa shape index (κ3) is 4.22. The van der Waals surface area contributed by atoms with Gasteiger partial charge in [-0.3, -0.25) is 10.2 Å². The molecular weight excluding hydrogens is 416 g/mol. The number of benzene rings is 1. The van der Waals surface area contributed by atoms with Gasteiger partial charge in [0.25, 0.3) is 5.91 Å². The third-order valence-corrected chi connectivity index (χ3v) is 5.71. The number of amidine groups is 2. The summed E-state index contributed by atoms with van der Waals surface area (Å²) < 4.78 is 10.5. The summed E-state index contributed by atoms with van der Waals surface area (Å²) >= 11 is 1.34. The van der Waals surface area contributed by atoms with Gasteiger partial charge in [0.1, 0.15) is 16.6 Å². The minimum absolute atomic E-state index is 0.0191. The molecule has 0 saturated heterocycles. The van der Waals surface area contributed by atoms with E-state index in [9.17, 15) is 9.59 Å². The predicted octanol–water partition coefficient (Wildman–Crippen LogP) is 4.54. The number of thioether (sulfide) groups is 1. The van der Waals surface area contributed by atoms with E-state index in [0.29, 0.717) is 22.3 Å². The number of hydrogen-bond acceptors (Lipinski definition) is 7. The lowest BCUT2D eigenvalue weighted by atomic mass is 10.1. The highest BCUT2D eigenvalue weighted by Crippen LogP contribution is 2.31. The summed E-state index contributed by atoms with van der Waals surface area (Å²) in [5.74, 6) is 0.0661. The number of ether oxygens (including phenoxy) is 1. The van der Waals surface area contributed by atoms with Gasteiger partial charge in [0, 0.05) is 5.56 Å².